The predicted molar refractivity (Wildman–Crippen MR) is 56.0 cm³/mol. The van der Waals surface area contributed by atoms with E-state index >= 15 is 0 Å². The molecule has 82 valence electrons. The molecule has 0 amide bonds. The van der Waals surface area contributed by atoms with E-state index in [1.165, 1.54) is 12.3 Å². The van der Waals surface area contributed by atoms with Gasteiger partial charge in [0.1, 0.15) is 0 Å². The molecule has 0 saturated carbocycles. The molecule has 1 rings (SSSR count). The van der Waals surface area contributed by atoms with E-state index in [2.05, 4.69) is 4.98 Å². The summed E-state index contributed by atoms with van der Waals surface area (Å²) >= 11 is 0. The Kier molecular flexibility index (Phi) is 3.91. The Bertz CT molecular complexity index is 352. The van der Waals surface area contributed by atoms with Crippen LogP contribution in [0.3, 0.4) is 0 Å². The third-order valence-corrected chi connectivity index (χ3v) is 2.35. The van der Waals surface area contributed by atoms with Crippen LogP contribution < -0.4 is 5.73 Å². The fourth-order valence-corrected chi connectivity index (χ4v) is 1.16. The van der Waals surface area contributed by atoms with Crippen molar-refractivity contribution in [1.82, 2.24) is 4.98 Å². The first-order valence-electron chi connectivity index (χ1n) is 4.90. The van der Waals surface area contributed by atoms with Crippen LogP contribution in [-0.2, 0) is 0 Å². The molecule has 0 saturated heterocycles. The van der Waals surface area contributed by atoms with Gasteiger partial charge in [0.05, 0.1) is 11.8 Å². The molecule has 0 aliphatic rings. The zero-order valence-electron chi connectivity index (χ0n) is 8.90. The van der Waals surface area contributed by atoms with Crippen LogP contribution in [0.5, 0.6) is 0 Å². The molecular formula is C11H15FN2O. The summed E-state index contributed by atoms with van der Waals surface area (Å²) in [6.45, 7) is 3.86. The maximum absolute atomic E-state index is 13.2. The molecule has 0 bridgehead atoms. The minimum Gasteiger partial charge on any atom is -0.327 e. The zero-order chi connectivity index (χ0) is 11.4. The number of ketones is 1. The number of nitrogens with two attached hydrogens (primary N) is 1. The van der Waals surface area contributed by atoms with Crippen molar-refractivity contribution < 1.29 is 9.18 Å². The zero-order valence-corrected chi connectivity index (χ0v) is 8.90. The van der Waals surface area contributed by atoms with Gasteiger partial charge in [-0.2, -0.15) is 0 Å². The Labute approximate surface area is 88.5 Å². The molecule has 0 fully saturated rings. The Balaban J connectivity index is 2.74. The Hall–Kier alpha value is -1.29. The molecule has 1 atom stereocenters. The molecule has 0 spiro atoms. The Morgan fingerprint density at radius 1 is 1.60 bits per heavy atom. The molecule has 3 nitrogen and oxygen atoms in total. The fraction of sp³-hybridized carbons (Fsp3) is 0.455. The van der Waals surface area contributed by atoms with Gasteiger partial charge in [0.25, 0.3) is 0 Å². The van der Waals surface area contributed by atoms with E-state index in [1.54, 1.807) is 0 Å². The maximum Gasteiger partial charge on any atom is 0.167 e. The van der Waals surface area contributed by atoms with Crippen molar-refractivity contribution in [2.45, 2.75) is 26.3 Å². The van der Waals surface area contributed by atoms with Gasteiger partial charge < -0.3 is 5.73 Å². The van der Waals surface area contributed by atoms with Gasteiger partial charge in [0.2, 0.25) is 0 Å². The molecular weight excluding hydrogens is 195 g/mol. The lowest BCUT2D eigenvalue weighted by atomic mass is 9.97. The first-order chi connectivity index (χ1) is 7.02. The monoisotopic (exact) mass is 210 g/mol. The van der Waals surface area contributed by atoms with E-state index in [0.29, 0.717) is 0 Å². The Morgan fingerprint density at radius 3 is 2.80 bits per heavy atom. The molecule has 0 aliphatic heterocycles. The largest absolute Gasteiger partial charge is 0.327 e. The van der Waals surface area contributed by atoms with Crippen LogP contribution in [0.1, 0.15) is 30.6 Å². The normalized spacial score (nSPS) is 12.9. The second-order valence-electron chi connectivity index (χ2n) is 3.89. The minimum atomic E-state index is -0.585. The number of pyridine rings is 1. The van der Waals surface area contributed by atoms with E-state index in [-0.39, 0.29) is 29.7 Å². The van der Waals surface area contributed by atoms with Gasteiger partial charge in [-0.1, -0.05) is 13.8 Å². The highest BCUT2D eigenvalue weighted by Gasteiger charge is 2.17. The number of carbonyl (C=O) groups is 1. The standard InChI is InChI=1S/C11H15FN2O/c1-7(2)10(13)5-11(15)8-3-4-14-6-9(8)12/h3-4,6-7,10H,5,13H2,1-2H3. The highest BCUT2D eigenvalue weighted by Crippen LogP contribution is 2.11. The number of hydrogen-bond acceptors (Lipinski definition) is 3. The van der Waals surface area contributed by atoms with Gasteiger partial charge in [-0.05, 0) is 12.0 Å². The first-order valence-corrected chi connectivity index (χ1v) is 4.90. The highest BCUT2D eigenvalue weighted by molar-refractivity contribution is 5.96. The molecule has 15 heavy (non-hydrogen) atoms. The van der Waals surface area contributed by atoms with E-state index < -0.39 is 5.82 Å². The van der Waals surface area contributed by atoms with Crippen LogP contribution in [0.25, 0.3) is 0 Å². The number of nitrogens with zero attached hydrogens (tertiary/aromatic N) is 1. The van der Waals surface area contributed by atoms with Crippen molar-refractivity contribution in [3.05, 3.63) is 29.8 Å². The molecule has 2 N–H and O–H groups in total. The molecule has 0 aliphatic carbocycles. The lowest BCUT2D eigenvalue weighted by Gasteiger charge is -2.14. The number of carbonyl (C=O) groups excluding carboxylic acids is 1. The summed E-state index contributed by atoms with van der Waals surface area (Å²) in [6, 6.07) is 1.15. The third kappa shape index (κ3) is 3.09. The lowest BCUT2D eigenvalue weighted by Crippen LogP contribution is -2.29. The second kappa shape index (κ2) is 4.98. The summed E-state index contributed by atoms with van der Waals surface area (Å²) in [5, 5.41) is 0. The van der Waals surface area contributed by atoms with Crippen molar-refractivity contribution in [2.75, 3.05) is 0 Å². The first kappa shape index (κ1) is 11.8. The van der Waals surface area contributed by atoms with Crippen LogP contribution >= 0.6 is 0 Å². The molecule has 1 aromatic heterocycles. The van der Waals surface area contributed by atoms with Gasteiger partial charge in [-0.15, -0.1) is 0 Å². The van der Waals surface area contributed by atoms with Crippen molar-refractivity contribution in [2.24, 2.45) is 11.7 Å². The van der Waals surface area contributed by atoms with Crippen molar-refractivity contribution >= 4 is 5.78 Å². The molecule has 0 radical (unpaired) electrons. The summed E-state index contributed by atoms with van der Waals surface area (Å²) in [5.74, 6) is -0.645. The molecule has 1 aromatic rings. The van der Waals surface area contributed by atoms with E-state index in [1.807, 2.05) is 13.8 Å². The summed E-state index contributed by atoms with van der Waals surface area (Å²) < 4.78 is 13.2. The minimum absolute atomic E-state index is 0.0705. The van der Waals surface area contributed by atoms with Crippen LogP contribution in [0.15, 0.2) is 18.5 Å². The maximum atomic E-state index is 13.2. The van der Waals surface area contributed by atoms with Crippen LogP contribution in [-0.4, -0.2) is 16.8 Å². The van der Waals surface area contributed by atoms with E-state index in [9.17, 15) is 9.18 Å². The number of Topliss-reactive ketones (excluding diaryl/α,β-unsaturated/α-hetero) is 1. The average molecular weight is 210 g/mol. The third-order valence-electron chi connectivity index (χ3n) is 2.35. The van der Waals surface area contributed by atoms with Crippen molar-refractivity contribution in [1.29, 1.82) is 0 Å². The second-order valence-corrected chi connectivity index (χ2v) is 3.89. The molecule has 1 unspecified atom stereocenters. The summed E-state index contributed by atoms with van der Waals surface area (Å²) in [4.78, 5) is 15.2. The van der Waals surface area contributed by atoms with E-state index in [4.69, 9.17) is 5.73 Å². The summed E-state index contributed by atoms with van der Waals surface area (Å²) in [7, 11) is 0. The smallest absolute Gasteiger partial charge is 0.167 e. The van der Waals surface area contributed by atoms with Crippen LogP contribution in [0.2, 0.25) is 0 Å². The predicted octanol–water partition coefficient (Wildman–Crippen LogP) is 1.78. The molecule has 4 heteroatoms. The van der Waals surface area contributed by atoms with Crippen LogP contribution in [0, 0.1) is 11.7 Å². The topological polar surface area (TPSA) is 56.0 Å². The number of rotatable bonds is 4. The summed E-state index contributed by atoms with van der Waals surface area (Å²) in [5.41, 5.74) is 5.82. The highest BCUT2D eigenvalue weighted by atomic mass is 19.1. The lowest BCUT2D eigenvalue weighted by molar-refractivity contribution is 0.0963. The number of aromatic nitrogens is 1. The quantitative estimate of drug-likeness (QED) is 0.770. The van der Waals surface area contributed by atoms with Crippen molar-refractivity contribution in [3.63, 3.8) is 0 Å². The number of halogens is 1. The Morgan fingerprint density at radius 2 is 2.27 bits per heavy atom. The fourth-order valence-electron chi connectivity index (χ4n) is 1.16. The van der Waals surface area contributed by atoms with Gasteiger partial charge >= 0.3 is 0 Å². The number of hydrogen-bond donors (Lipinski definition) is 1. The van der Waals surface area contributed by atoms with Gasteiger partial charge in [-0.25, -0.2) is 4.39 Å². The van der Waals surface area contributed by atoms with Crippen LogP contribution in [0.4, 0.5) is 4.39 Å². The molecule has 1 heterocycles. The van der Waals surface area contributed by atoms with Gasteiger partial charge in [0.15, 0.2) is 11.6 Å². The average Bonchev–Trinajstić information content (AvgIpc) is 2.18. The van der Waals surface area contributed by atoms with E-state index in [0.717, 1.165) is 6.20 Å². The van der Waals surface area contributed by atoms with Crippen molar-refractivity contribution in [3.8, 4) is 0 Å². The molecule has 0 aromatic carbocycles. The van der Waals surface area contributed by atoms with Gasteiger partial charge in [0, 0.05) is 18.7 Å². The summed E-state index contributed by atoms with van der Waals surface area (Å²) in [6.07, 6.45) is 2.60. The SMILES string of the molecule is CC(C)C(N)CC(=O)c1ccncc1F. The van der Waals surface area contributed by atoms with Gasteiger partial charge in [-0.3, -0.25) is 9.78 Å².